The lowest BCUT2D eigenvalue weighted by atomic mass is 10.1. The standard InChI is InChI=1S/C8H8N2O2/c11-8(12)7-5-3-1-2-4-6(5)9-10-7/h1-4,7,9-10H,(H,11,12)/t7-/m0/s1. The van der Waals surface area contributed by atoms with Gasteiger partial charge >= 0.3 is 5.97 Å². The van der Waals surface area contributed by atoms with E-state index in [2.05, 4.69) is 10.9 Å². The van der Waals surface area contributed by atoms with Crippen LogP contribution in [-0.2, 0) is 4.79 Å². The largest absolute Gasteiger partial charge is 0.480 e. The zero-order chi connectivity index (χ0) is 8.55. The minimum absolute atomic E-state index is 0.624. The maximum Gasteiger partial charge on any atom is 0.327 e. The fourth-order valence-electron chi connectivity index (χ4n) is 1.29. The number of anilines is 1. The normalized spacial score (nSPS) is 19.8. The maximum absolute atomic E-state index is 10.7. The van der Waals surface area contributed by atoms with Crippen molar-refractivity contribution in [2.45, 2.75) is 6.04 Å². The summed E-state index contributed by atoms with van der Waals surface area (Å²) in [6.45, 7) is 0. The Hall–Kier alpha value is -1.55. The summed E-state index contributed by atoms with van der Waals surface area (Å²) in [7, 11) is 0. The Morgan fingerprint density at radius 2 is 2.17 bits per heavy atom. The third-order valence-electron chi connectivity index (χ3n) is 1.87. The Kier molecular flexibility index (Phi) is 1.48. The minimum atomic E-state index is -0.868. The molecule has 1 aliphatic heterocycles. The maximum atomic E-state index is 10.7. The van der Waals surface area contributed by atoms with Crippen LogP contribution in [0.15, 0.2) is 24.3 Å². The average molecular weight is 164 g/mol. The van der Waals surface area contributed by atoms with Crippen LogP contribution < -0.4 is 10.9 Å². The predicted octanol–water partition coefficient (Wildman–Crippen LogP) is 0.742. The zero-order valence-corrected chi connectivity index (χ0v) is 6.24. The lowest BCUT2D eigenvalue weighted by molar-refractivity contribution is -0.139. The molecule has 0 saturated heterocycles. The number of para-hydroxylation sites is 1. The lowest BCUT2D eigenvalue weighted by Crippen LogP contribution is -2.25. The van der Waals surface area contributed by atoms with E-state index in [1.165, 1.54) is 0 Å². The molecule has 1 atom stereocenters. The first-order valence-electron chi connectivity index (χ1n) is 3.62. The second-order valence-corrected chi connectivity index (χ2v) is 2.63. The molecule has 12 heavy (non-hydrogen) atoms. The molecule has 2 rings (SSSR count). The van der Waals surface area contributed by atoms with Gasteiger partial charge in [0, 0.05) is 5.56 Å². The summed E-state index contributed by atoms with van der Waals surface area (Å²) < 4.78 is 0. The topological polar surface area (TPSA) is 61.4 Å². The van der Waals surface area contributed by atoms with Gasteiger partial charge in [0.05, 0.1) is 5.69 Å². The smallest absolute Gasteiger partial charge is 0.327 e. The molecule has 0 fully saturated rings. The monoisotopic (exact) mass is 164 g/mol. The number of carbonyl (C=O) groups is 1. The quantitative estimate of drug-likeness (QED) is 0.573. The molecule has 0 aliphatic carbocycles. The van der Waals surface area contributed by atoms with E-state index in [1.54, 1.807) is 6.07 Å². The van der Waals surface area contributed by atoms with Crippen molar-refractivity contribution in [3.63, 3.8) is 0 Å². The van der Waals surface area contributed by atoms with E-state index < -0.39 is 12.0 Å². The number of hydrogen-bond acceptors (Lipinski definition) is 3. The first-order valence-corrected chi connectivity index (χ1v) is 3.62. The minimum Gasteiger partial charge on any atom is -0.480 e. The van der Waals surface area contributed by atoms with Gasteiger partial charge in [-0.05, 0) is 6.07 Å². The van der Waals surface area contributed by atoms with Gasteiger partial charge < -0.3 is 10.5 Å². The molecule has 0 bridgehead atoms. The van der Waals surface area contributed by atoms with Crippen LogP contribution in [-0.4, -0.2) is 11.1 Å². The van der Waals surface area contributed by atoms with Gasteiger partial charge in [-0.1, -0.05) is 18.2 Å². The molecule has 0 spiro atoms. The summed E-state index contributed by atoms with van der Waals surface area (Å²) in [6.07, 6.45) is 0. The highest BCUT2D eigenvalue weighted by molar-refractivity contribution is 5.80. The number of carboxylic acids is 1. The summed E-state index contributed by atoms with van der Waals surface area (Å²) in [6, 6.07) is 6.69. The number of nitrogens with one attached hydrogen (secondary N) is 2. The van der Waals surface area contributed by atoms with Crippen LogP contribution in [0, 0.1) is 0 Å². The van der Waals surface area contributed by atoms with Crippen molar-refractivity contribution in [3.8, 4) is 0 Å². The van der Waals surface area contributed by atoms with Gasteiger partial charge in [0.2, 0.25) is 0 Å². The molecule has 4 heteroatoms. The van der Waals surface area contributed by atoms with Crippen molar-refractivity contribution in [1.29, 1.82) is 0 Å². The van der Waals surface area contributed by atoms with Crippen LogP contribution in [0.25, 0.3) is 0 Å². The van der Waals surface area contributed by atoms with E-state index in [9.17, 15) is 4.79 Å². The Morgan fingerprint density at radius 3 is 2.92 bits per heavy atom. The Bertz CT molecular complexity index is 325. The van der Waals surface area contributed by atoms with Gasteiger partial charge in [-0.15, -0.1) is 0 Å². The summed E-state index contributed by atoms with van der Waals surface area (Å²) in [5.74, 6) is -0.868. The molecule has 1 aromatic carbocycles. The van der Waals surface area contributed by atoms with Gasteiger partial charge in [0.1, 0.15) is 0 Å². The van der Waals surface area contributed by atoms with Crippen LogP contribution in [0.5, 0.6) is 0 Å². The van der Waals surface area contributed by atoms with Crippen molar-refractivity contribution >= 4 is 11.7 Å². The van der Waals surface area contributed by atoms with Crippen molar-refractivity contribution in [2.24, 2.45) is 0 Å². The Balaban J connectivity index is 2.42. The fourth-order valence-corrected chi connectivity index (χ4v) is 1.29. The predicted molar refractivity (Wildman–Crippen MR) is 43.6 cm³/mol. The number of fused-ring (bicyclic) bond motifs is 1. The third kappa shape index (κ3) is 0.931. The van der Waals surface area contributed by atoms with E-state index in [0.717, 1.165) is 11.3 Å². The molecule has 1 aliphatic rings. The second kappa shape index (κ2) is 2.49. The lowest BCUT2D eigenvalue weighted by Gasteiger charge is -2.02. The molecule has 1 heterocycles. The third-order valence-corrected chi connectivity index (χ3v) is 1.87. The fraction of sp³-hybridized carbons (Fsp3) is 0.125. The van der Waals surface area contributed by atoms with E-state index in [4.69, 9.17) is 5.11 Å². The highest BCUT2D eigenvalue weighted by Crippen LogP contribution is 2.27. The number of hydrazine groups is 1. The first-order chi connectivity index (χ1) is 5.79. The van der Waals surface area contributed by atoms with Gasteiger partial charge in [-0.25, -0.2) is 5.43 Å². The van der Waals surface area contributed by atoms with E-state index in [1.807, 2.05) is 18.2 Å². The number of rotatable bonds is 1. The highest BCUT2D eigenvalue weighted by atomic mass is 16.4. The van der Waals surface area contributed by atoms with Crippen molar-refractivity contribution in [2.75, 3.05) is 5.43 Å². The van der Waals surface area contributed by atoms with Gasteiger partial charge in [-0.3, -0.25) is 4.79 Å². The van der Waals surface area contributed by atoms with E-state index >= 15 is 0 Å². The molecule has 0 aromatic heterocycles. The molecule has 1 aromatic rings. The Morgan fingerprint density at radius 1 is 1.42 bits per heavy atom. The first kappa shape index (κ1) is 7.12. The highest BCUT2D eigenvalue weighted by Gasteiger charge is 2.26. The average Bonchev–Trinajstić information content (AvgIpc) is 2.47. The van der Waals surface area contributed by atoms with Crippen LogP contribution >= 0.6 is 0 Å². The van der Waals surface area contributed by atoms with Crippen LogP contribution in [0.3, 0.4) is 0 Å². The molecule has 62 valence electrons. The van der Waals surface area contributed by atoms with E-state index in [-0.39, 0.29) is 0 Å². The summed E-state index contributed by atoms with van der Waals surface area (Å²) in [5, 5.41) is 8.76. The van der Waals surface area contributed by atoms with Crippen molar-refractivity contribution < 1.29 is 9.90 Å². The van der Waals surface area contributed by atoms with Crippen molar-refractivity contribution in [1.82, 2.24) is 5.43 Å². The molecule has 3 N–H and O–H groups in total. The number of hydrogen-bond donors (Lipinski definition) is 3. The zero-order valence-electron chi connectivity index (χ0n) is 6.24. The number of aliphatic carboxylic acids is 1. The van der Waals surface area contributed by atoms with Gasteiger partial charge in [0.25, 0.3) is 0 Å². The van der Waals surface area contributed by atoms with Crippen LogP contribution in [0.4, 0.5) is 5.69 Å². The molecule has 0 radical (unpaired) electrons. The molecule has 0 unspecified atom stereocenters. The molecule has 0 saturated carbocycles. The summed E-state index contributed by atoms with van der Waals surface area (Å²) in [4.78, 5) is 10.7. The number of benzene rings is 1. The van der Waals surface area contributed by atoms with E-state index in [0.29, 0.717) is 0 Å². The SMILES string of the molecule is O=C(O)[C@H]1NNc2ccccc21. The summed E-state index contributed by atoms with van der Waals surface area (Å²) in [5.41, 5.74) is 7.09. The molecular weight excluding hydrogens is 156 g/mol. The summed E-state index contributed by atoms with van der Waals surface area (Å²) >= 11 is 0. The molecular formula is C8H8N2O2. The second-order valence-electron chi connectivity index (χ2n) is 2.63. The molecule has 0 amide bonds. The van der Waals surface area contributed by atoms with Crippen LogP contribution in [0.2, 0.25) is 0 Å². The number of carboxylic acid groups (broad SMARTS) is 1. The van der Waals surface area contributed by atoms with Crippen molar-refractivity contribution in [3.05, 3.63) is 29.8 Å². The van der Waals surface area contributed by atoms with Gasteiger partial charge in [-0.2, -0.15) is 0 Å². The van der Waals surface area contributed by atoms with Gasteiger partial charge in [0.15, 0.2) is 6.04 Å². The van der Waals surface area contributed by atoms with Crippen LogP contribution in [0.1, 0.15) is 11.6 Å². The Labute approximate surface area is 69.2 Å². The molecule has 4 nitrogen and oxygen atoms in total.